The summed E-state index contributed by atoms with van der Waals surface area (Å²) >= 11 is 6.10. The van der Waals surface area contributed by atoms with Crippen molar-refractivity contribution in [3.05, 3.63) is 39.4 Å². The molecule has 0 saturated carbocycles. The number of benzene rings is 1. The summed E-state index contributed by atoms with van der Waals surface area (Å²) in [6.07, 6.45) is 6.34. The van der Waals surface area contributed by atoms with Crippen LogP contribution in [0.5, 0.6) is 0 Å². The second-order valence-electron chi connectivity index (χ2n) is 7.57. The number of unbranched alkanes of at least 4 members (excludes halogenated alkanes) is 4. The van der Waals surface area contributed by atoms with Gasteiger partial charge in [0.05, 0.1) is 16.9 Å². The number of rotatable bonds is 11. The summed E-state index contributed by atoms with van der Waals surface area (Å²) in [6.45, 7) is 5.37. The molecule has 1 heterocycles. The Labute approximate surface area is 178 Å². The van der Waals surface area contributed by atoms with Crippen molar-refractivity contribution >= 4 is 28.4 Å². The van der Waals surface area contributed by atoms with Crippen molar-refractivity contribution < 1.29 is 4.79 Å². The zero-order chi connectivity index (χ0) is 21.4. The van der Waals surface area contributed by atoms with Gasteiger partial charge in [0.25, 0.3) is 5.56 Å². The number of hydrogen-bond donors (Lipinski definition) is 1. The van der Waals surface area contributed by atoms with Crippen molar-refractivity contribution in [1.29, 1.82) is 0 Å². The maximum atomic E-state index is 12.9. The van der Waals surface area contributed by atoms with Gasteiger partial charge in [0.2, 0.25) is 5.91 Å². The molecule has 1 aromatic carbocycles. The minimum absolute atomic E-state index is 0.110. The average molecular weight is 421 g/mol. The van der Waals surface area contributed by atoms with Crippen LogP contribution >= 0.6 is 11.6 Å². The SMILES string of the molecule is CCCCC(=O)N(CCCCCCN)C(C)c1nc2cc(Cl)ccc2c(=O)n1C. The molecule has 1 unspecified atom stereocenters. The smallest absolute Gasteiger partial charge is 0.261 e. The number of hydrogen-bond acceptors (Lipinski definition) is 4. The number of nitrogens with two attached hydrogens (primary N) is 1. The molecule has 160 valence electrons. The maximum Gasteiger partial charge on any atom is 0.261 e. The van der Waals surface area contributed by atoms with Gasteiger partial charge in [-0.3, -0.25) is 14.2 Å². The van der Waals surface area contributed by atoms with Gasteiger partial charge in [-0.25, -0.2) is 4.98 Å². The zero-order valence-corrected chi connectivity index (χ0v) is 18.5. The molecule has 1 aromatic heterocycles. The van der Waals surface area contributed by atoms with Crippen LogP contribution in [0.1, 0.15) is 70.7 Å². The monoisotopic (exact) mass is 420 g/mol. The second kappa shape index (κ2) is 11.3. The lowest BCUT2D eigenvalue weighted by molar-refractivity contribution is -0.133. The molecule has 0 spiro atoms. The normalized spacial score (nSPS) is 12.3. The van der Waals surface area contributed by atoms with E-state index in [1.807, 2.05) is 11.8 Å². The van der Waals surface area contributed by atoms with Crippen molar-refractivity contribution in [2.45, 2.75) is 64.8 Å². The molecule has 2 N–H and O–H groups in total. The van der Waals surface area contributed by atoms with Gasteiger partial charge in [0, 0.05) is 25.0 Å². The number of amides is 1. The molecule has 0 bridgehead atoms. The third-order valence-electron chi connectivity index (χ3n) is 5.33. The summed E-state index contributed by atoms with van der Waals surface area (Å²) in [4.78, 5) is 32.3. The summed E-state index contributed by atoms with van der Waals surface area (Å²) in [5, 5.41) is 1.06. The van der Waals surface area contributed by atoms with Gasteiger partial charge < -0.3 is 10.6 Å². The van der Waals surface area contributed by atoms with E-state index in [0.717, 1.165) is 38.5 Å². The lowest BCUT2D eigenvalue weighted by atomic mass is 10.1. The van der Waals surface area contributed by atoms with Crippen LogP contribution in [0, 0.1) is 0 Å². The van der Waals surface area contributed by atoms with Crippen LogP contribution in [0.3, 0.4) is 0 Å². The van der Waals surface area contributed by atoms with E-state index in [9.17, 15) is 9.59 Å². The molecule has 0 radical (unpaired) electrons. The fraction of sp³-hybridized carbons (Fsp3) is 0.591. The number of carbonyl (C=O) groups is 1. The molecule has 7 heteroatoms. The Morgan fingerprint density at radius 3 is 2.66 bits per heavy atom. The molecule has 0 saturated heterocycles. The van der Waals surface area contributed by atoms with Gasteiger partial charge >= 0.3 is 0 Å². The van der Waals surface area contributed by atoms with Crippen molar-refractivity contribution in [2.75, 3.05) is 13.1 Å². The second-order valence-corrected chi connectivity index (χ2v) is 8.00. The predicted molar refractivity (Wildman–Crippen MR) is 119 cm³/mol. The Morgan fingerprint density at radius 1 is 1.24 bits per heavy atom. The highest BCUT2D eigenvalue weighted by Crippen LogP contribution is 2.23. The van der Waals surface area contributed by atoms with E-state index in [4.69, 9.17) is 22.3 Å². The highest BCUT2D eigenvalue weighted by molar-refractivity contribution is 6.31. The Morgan fingerprint density at radius 2 is 1.97 bits per heavy atom. The van der Waals surface area contributed by atoms with Crippen molar-refractivity contribution in [1.82, 2.24) is 14.5 Å². The van der Waals surface area contributed by atoms with E-state index in [2.05, 4.69) is 6.92 Å². The van der Waals surface area contributed by atoms with Gasteiger partial charge in [0.15, 0.2) is 0 Å². The third kappa shape index (κ3) is 6.03. The van der Waals surface area contributed by atoms with E-state index >= 15 is 0 Å². The summed E-state index contributed by atoms with van der Waals surface area (Å²) in [5.41, 5.74) is 6.00. The first-order chi connectivity index (χ1) is 13.9. The summed E-state index contributed by atoms with van der Waals surface area (Å²) < 4.78 is 1.55. The Balaban J connectivity index is 2.33. The molecule has 6 nitrogen and oxygen atoms in total. The minimum atomic E-state index is -0.296. The van der Waals surface area contributed by atoms with E-state index < -0.39 is 0 Å². The maximum absolute atomic E-state index is 12.9. The van der Waals surface area contributed by atoms with E-state index in [1.54, 1.807) is 29.8 Å². The number of carbonyl (C=O) groups excluding carboxylic acids is 1. The number of aromatic nitrogens is 2. The summed E-state index contributed by atoms with van der Waals surface area (Å²) in [5.74, 6) is 0.690. The van der Waals surface area contributed by atoms with Crippen LogP contribution in [0.15, 0.2) is 23.0 Å². The van der Waals surface area contributed by atoms with Gasteiger partial charge in [-0.2, -0.15) is 0 Å². The molecule has 2 aromatic rings. The van der Waals surface area contributed by atoms with Crippen LogP contribution in [0.25, 0.3) is 10.9 Å². The zero-order valence-electron chi connectivity index (χ0n) is 17.8. The van der Waals surface area contributed by atoms with Crippen LogP contribution in [-0.4, -0.2) is 33.4 Å². The summed E-state index contributed by atoms with van der Waals surface area (Å²) in [6, 6.07) is 4.79. The number of fused-ring (bicyclic) bond motifs is 1. The van der Waals surface area contributed by atoms with Gasteiger partial charge in [-0.05, 0) is 50.9 Å². The quantitative estimate of drug-likeness (QED) is 0.552. The van der Waals surface area contributed by atoms with Gasteiger partial charge in [0.1, 0.15) is 5.82 Å². The first-order valence-corrected chi connectivity index (χ1v) is 10.9. The van der Waals surface area contributed by atoms with Crippen LogP contribution < -0.4 is 11.3 Å². The molecule has 0 aliphatic heterocycles. The van der Waals surface area contributed by atoms with Crippen LogP contribution in [-0.2, 0) is 11.8 Å². The molecular formula is C22H33ClN4O2. The third-order valence-corrected chi connectivity index (χ3v) is 5.57. The lowest BCUT2D eigenvalue weighted by Gasteiger charge is -2.30. The Hall–Kier alpha value is -1.92. The first-order valence-electron chi connectivity index (χ1n) is 10.6. The molecule has 1 atom stereocenters. The van der Waals surface area contributed by atoms with Crippen LogP contribution in [0.4, 0.5) is 0 Å². The fourth-order valence-corrected chi connectivity index (χ4v) is 3.73. The number of nitrogens with zero attached hydrogens (tertiary/aromatic N) is 3. The molecule has 1 amide bonds. The predicted octanol–water partition coefficient (Wildman–Crippen LogP) is 4.19. The molecule has 0 aliphatic rings. The van der Waals surface area contributed by atoms with Gasteiger partial charge in [-0.1, -0.05) is 37.8 Å². The highest BCUT2D eigenvalue weighted by Gasteiger charge is 2.24. The van der Waals surface area contributed by atoms with Crippen molar-refractivity contribution in [3.8, 4) is 0 Å². The fourth-order valence-electron chi connectivity index (χ4n) is 3.56. The van der Waals surface area contributed by atoms with E-state index in [0.29, 0.717) is 41.3 Å². The topological polar surface area (TPSA) is 81.2 Å². The summed E-state index contributed by atoms with van der Waals surface area (Å²) in [7, 11) is 1.71. The molecular weight excluding hydrogens is 388 g/mol. The molecule has 0 aliphatic carbocycles. The van der Waals surface area contributed by atoms with Crippen molar-refractivity contribution in [3.63, 3.8) is 0 Å². The largest absolute Gasteiger partial charge is 0.333 e. The molecule has 2 rings (SSSR count). The molecule has 29 heavy (non-hydrogen) atoms. The first kappa shape index (κ1) is 23.4. The lowest BCUT2D eigenvalue weighted by Crippen LogP contribution is -2.37. The van der Waals surface area contributed by atoms with Crippen LogP contribution in [0.2, 0.25) is 5.02 Å². The Kier molecular flexibility index (Phi) is 9.11. The van der Waals surface area contributed by atoms with E-state index in [1.165, 1.54) is 0 Å². The minimum Gasteiger partial charge on any atom is -0.333 e. The average Bonchev–Trinajstić information content (AvgIpc) is 2.71. The number of halogens is 1. The van der Waals surface area contributed by atoms with Gasteiger partial charge in [-0.15, -0.1) is 0 Å². The standard InChI is InChI=1S/C22H33ClN4O2/c1-4-5-10-20(28)27(14-9-7-6-8-13-24)16(2)21-25-19-15-17(23)11-12-18(19)22(29)26(21)3/h11-12,15-16H,4-10,13-14,24H2,1-3H3. The highest BCUT2D eigenvalue weighted by atomic mass is 35.5. The Bertz CT molecular complexity index is 881. The van der Waals surface area contributed by atoms with E-state index in [-0.39, 0.29) is 17.5 Å². The van der Waals surface area contributed by atoms with Crippen molar-refractivity contribution in [2.24, 2.45) is 12.8 Å². The molecule has 0 fully saturated rings.